The molecule has 2 nitrogen and oxygen atoms in total. The average Bonchev–Trinajstić information content (AvgIpc) is 2.45. The summed E-state index contributed by atoms with van der Waals surface area (Å²) in [6, 6.07) is 7.78. The van der Waals surface area contributed by atoms with Crippen molar-refractivity contribution in [3.05, 3.63) is 35.4 Å². The highest BCUT2D eigenvalue weighted by molar-refractivity contribution is 9.09. The van der Waals surface area contributed by atoms with Gasteiger partial charge in [-0.15, -0.1) is 0 Å². The average molecular weight is 377 g/mol. The van der Waals surface area contributed by atoms with E-state index in [1.54, 1.807) is 0 Å². The van der Waals surface area contributed by atoms with Crippen LogP contribution in [0.4, 0.5) is 0 Å². The molecule has 0 radical (unpaired) electrons. The van der Waals surface area contributed by atoms with Gasteiger partial charge in [-0.2, -0.15) is 0 Å². The van der Waals surface area contributed by atoms with Crippen molar-refractivity contribution < 1.29 is 4.79 Å². The molecule has 0 saturated carbocycles. The van der Waals surface area contributed by atoms with Gasteiger partial charge in [-0.1, -0.05) is 57.8 Å². The lowest BCUT2D eigenvalue weighted by molar-refractivity contribution is 0.0915. The van der Waals surface area contributed by atoms with Crippen LogP contribution in [0.25, 0.3) is 0 Å². The van der Waals surface area contributed by atoms with Crippen molar-refractivity contribution in [2.45, 2.75) is 32.2 Å². The second-order valence-corrected chi connectivity index (χ2v) is 5.53. The number of alkyl halides is 2. The monoisotopic (exact) mass is 375 g/mol. The highest BCUT2D eigenvalue weighted by Crippen LogP contribution is 2.18. The number of hydrogen-bond acceptors (Lipinski definition) is 1. The number of carbonyl (C=O) groups is 1. The Kier molecular flexibility index (Phi) is 6.36. The molecular weight excluding hydrogens is 358 g/mol. The highest BCUT2D eigenvalue weighted by atomic mass is 79.9. The second-order valence-electron chi connectivity index (χ2n) is 4.41. The van der Waals surface area contributed by atoms with Gasteiger partial charge in [0, 0.05) is 16.2 Å². The standard InChI is InChI=1S/C14H19Br2NO/c1-3-11-5-7-12(8-6-11)13(18)17-14(4-2,9-15)10-16/h5-8H,3-4,9-10H2,1-2H3,(H,17,18). The molecule has 1 aromatic rings. The number of halogens is 2. The number of hydrogen-bond donors (Lipinski definition) is 1. The molecule has 1 aromatic carbocycles. The van der Waals surface area contributed by atoms with Crippen LogP contribution in [0.5, 0.6) is 0 Å². The molecule has 100 valence electrons. The molecular formula is C14H19Br2NO. The number of carbonyl (C=O) groups excluding carboxylic acids is 1. The fraction of sp³-hybridized carbons (Fsp3) is 0.500. The molecule has 0 atom stereocenters. The van der Waals surface area contributed by atoms with Crippen LogP contribution in [0.1, 0.15) is 36.2 Å². The van der Waals surface area contributed by atoms with Gasteiger partial charge in [0.2, 0.25) is 0 Å². The van der Waals surface area contributed by atoms with E-state index in [9.17, 15) is 4.79 Å². The molecule has 0 spiro atoms. The summed E-state index contributed by atoms with van der Waals surface area (Å²) in [7, 11) is 0. The zero-order valence-electron chi connectivity index (χ0n) is 10.8. The SMILES string of the molecule is CCc1ccc(C(=O)NC(CC)(CBr)CBr)cc1. The molecule has 0 saturated heterocycles. The van der Waals surface area contributed by atoms with E-state index in [0.717, 1.165) is 23.5 Å². The summed E-state index contributed by atoms with van der Waals surface area (Å²) in [6.07, 6.45) is 1.87. The van der Waals surface area contributed by atoms with Crippen LogP contribution in [0, 0.1) is 0 Å². The molecule has 0 heterocycles. The molecule has 0 bridgehead atoms. The van der Waals surface area contributed by atoms with Gasteiger partial charge in [-0.05, 0) is 30.5 Å². The summed E-state index contributed by atoms with van der Waals surface area (Å²) in [4.78, 5) is 12.2. The summed E-state index contributed by atoms with van der Waals surface area (Å²) in [5.41, 5.74) is 1.74. The smallest absolute Gasteiger partial charge is 0.251 e. The number of amides is 1. The zero-order chi connectivity index (χ0) is 13.6. The Morgan fingerprint density at radius 3 is 2.11 bits per heavy atom. The molecule has 0 fully saturated rings. The summed E-state index contributed by atoms with van der Waals surface area (Å²) < 4.78 is 0. The quantitative estimate of drug-likeness (QED) is 0.749. The molecule has 1 amide bonds. The van der Waals surface area contributed by atoms with E-state index in [0.29, 0.717) is 5.56 Å². The molecule has 0 aromatic heterocycles. The Hall–Kier alpha value is -0.350. The molecule has 1 rings (SSSR count). The first-order valence-electron chi connectivity index (χ1n) is 6.14. The van der Waals surface area contributed by atoms with E-state index in [1.165, 1.54) is 5.56 Å². The molecule has 0 aliphatic rings. The van der Waals surface area contributed by atoms with Crippen LogP contribution in [0.3, 0.4) is 0 Å². The minimum absolute atomic E-state index is 0.0154. The summed E-state index contributed by atoms with van der Waals surface area (Å²) in [5, 5.41) is 4.57. The Bertz CT molecular complexity index is 377. The third-order valence-electron chi connectivity index (χ3n) is 3.19. The van der Waals surface area contributed by atoms with Crippen LogP contribution < -0.4 is 5.32 Å². The maximum atomic E-state index is 12.2. The first-order chi connectivity index (χ1) is 8.60. The second kappa shape index (κ2) is 7.29. The van der Waals surface area contributed by atoms with E-state index >= 15 is 0 Å². The van der Waals surface area contributed by atoms with Gasteiger partial charge in [-0.3, -0.25) is 4.79 Å². The van der Waals surface area contributed by atoms with E-state index in [4.69, 9.17) is 0 Å². The van der Waals surface area contributed by atoms with Crippen molar-refractivity contribution in [2.75, 3.05) is 10.7 Å². The third-order valence-corrected chi connectivity index (χ3v) is 5.34. The van der Waals surface area contributed by atoms with Crippen molar-refractivity contribution in [1.29, 1.82) is 0 Å². The first kappa shape index (κ1) is 15.7. The maximum Gasteiger partial charge on any atom is 0.251 e. The summed E-state index contributed by atoms with van der Waals surface area (Å²) >= 11 is 6.95. The third kappa shape index (κ3) is 3.82. The van der Waals surface area contributed by atoms with Crippen molar-refractivity contribution >= 4 is 37.8 Å². The lowest BCUT2D eigenvalue weighted by Crippen LogP contribution is -2.51. The van der Waals surface area contributed by atoms with Gasteiger partial charge >= 0.3 is 0 Å². The fourth-order valence-corrected chi connectivity index (χ4v) is 3.59. The van der Waals surface area contributed by atoms with Crippen molar-refractivity contribution in [3.8, 4) is 0 Å². The maximum absolute atomic E-state index is 12.2. The molecule has 4 heteroatoms. The minimum atomic E-state index is -0.222. The summed E-state index contributed by atoms with van der Waals surface area (Å²) in [5.74, 6) is -0.0154. The van der Waals surface area contributed by atoms with E-state index in [2.05, 4.69) is 51.0 Å². The van der Waals surface area contributed by atoms with Gasteiger partial charge in [0.05, 0.1) is 5.54 Å². The van der Waals surface area contributed by atoms with E-state index in [-0.39, 0.29) is 11.4 Å². The molecule has 18 heavy (non-hydrogen) atoms. The predicted molar refractivity (Wildman–Crippen MR) is 83.9 cm³/mol. The summed E-state index contributed by atoms with van der Waals surface area (Å²) in [6.45, 7) is 4.18. The van der Waals surface area contributed by atoms with Crippen LogP contribution in [0.15, 0.2) is 24.3 Å². The van der Waals surface area contributed by atoms with Crippen molar-refractivity contribution in [1.82, 2.24) is 5.32 Å². The predicted octanol–water partition coefficient (Wildman–Crippen LogP) is 3.92. The molecule has 1 N–H and O–H groups in total. The number of nitrogens with one attached hydrogen (secondary N) is 1. The van der Waals surface area contributed by atoms with Gasteiger partial charge in [0.25, 0.3) is 5.91 Å². The van der Waals surface area contributed by atoms with Crippen molar-refractivity contribution in [2.24, 2.45) is 0 Å². The van der Waals surface area contributed by atoms with Gasteiger partial charge in [0.15, 0.2) is 0 Å². The van der Waals surface area contributed by atoms with E-state index in [1.807, 2.05) is 24.3 Å². The van der Waals surface area contributed by atoms with Gasteiger partial charge in [-0.25, -0.2) is 0 Å². The number of aryl methyl sites for hydroxylation is 1. The lowest BCUT2D eigenvalue weighted by atomic mass is 10.0. The fourth-order valence-electron chi connectivity index (χ4n) is 1.58. The Morgan fingerprint density at radius 2 is 1.72 bits per heavy atom. The first-order valence-corrected chi connectivity index (χ1v) is 8.38. The minimum Gasteiger partial charge on any atom is -0.345 e. The van der Waals surface area contributed by atoms with Crippen LogP contribution in [-0.2, 0) is 6.42 Å². The Labute approximate surface area is 126 Å². The lowest BCUT2D eigenvalue weighted by Gasteiger charge is -2.30. The van der Waals surface area contributed by atoms with Gasteiger partial charge in [0.1, 0.15) is 0 Å². The number of benzene rings is 1. The Balaban J connectivity index is 2.80. The van der Waals surface area contributed by atoms with Crippen LogP contribution >= 0.6 is 31.9 Å². The van der Waals surface area contributed by atoms with Crippen LogP contribution in [0.2, 0.25) is 0 Å². The topological polar surface area (TPSA) is 29.1 Å². The molecule has 0 aliphatic carbocycles. The zero-order valence-corrected chi connectivity index (χ0v) is 14.0. The van der Waals surface area contributed by atoms with Gasteiger partial charge < -0.3 is 5.32 Å². The molecule has 0 aliphatic heterocycles. The largest absolute Gasteiger partial charge is 0.345 e. The van der Waals surface area contributed by atoms with Crippen molar-refractivity contribution in [3.63, 3.8) is 0 Å². The Morgan fingerprint density at radius 1 is 1.17 bits per heavy atom. The highest BCUT2D eigenvalue weighted by Gasteiger charge is 2.27. The normalized spacial score (nSPS) is 11.3. The molecule has 0 unspecified atom stereocenters. The number of rotatable bonds is 6. The van der Waals surface area contributed by atoms with Crippen LogP contribution in [-0.4, -0.2) is 22.1 Å². The van der Waals surface area contributed by atoms with E-state index < -0.39 is 0 Å².